The number of rotatable bonds is 0. The molecule has 2 aromatic rings. The summed E-state index contributed by atoms with van der Waals surface area (Å²) in [6, 6.07) is 7.82. The molecule has 0 atom stereocenters. The Kier molecular flexibility index (Phi) is 2.11. The number of pyridine rings is 1. The molecule has 0 unspecified atom stereocenters. The fourth-order valence-electron chi connectivity index (χ4n) is 1.30. The van der Waals surface area contributed by atoms with Crippen LogP contribution in [-0.4, -0.2) is 4.98 Å². The summed E-state index contributed by atoms with van der Waals surface area (Å²) in [4.78, 5) is 14.2. The first-order valence-corrected chi connectivity index (χ1v) is 5.05. The minimum absolute atomic E-state index is 0.00287. The van der Waals surface area contributed by atoms with Gasteiger partial charge in [-0.15, -0.1) is 0 Å². The van der Waals surface area contributed by atoms with Crippen LogP contribution in [0.5, 0.6) is 0 Å². The zero-order chi connectivity index (χ0) is 9.42. The molecule has 0 radical (unpaired) electrons. The summed E-state index contributed by atoms with van der Waals surface area (Å²) in [5.41, 5.74) is 1.70. The number of halogens is 1. The van der Waals surface area contributed by atoms with Crippen molar-refractivity contribution in [3.05, 3.63) is 43.8 Å². The number of nitrogens with one attached hydrogen (secondary N) is 1. The molecule has 0 spiro atoms. The molecule has 2 nitrogen and oxygen atoms in total. The van der Waals surface area contributed by atoms with Crippen LogP contribution in [-0.2, 0) is 0 Å². The normalized spacial score (nSPS) is 10.6. The van der Waals surface area contributed by atoms with Gasteiger partial charge in [-0.25, -0.2) is 0 Å². The van der Waals surface area contributed by atoms with E-state index in [9.17, 15) is 4.79 Å². The first-order valence-electron chi connectivity index (χ1n) is 3.97. The third-order valence-electron chi connectivity index (χ3n) is 2.08. The Hall–Kier alpha value is -0.840. The van der Waals surface area contributed by atoms with Gasteiger partial charge >= 0.3 is 0 Å². The smallest absolute Gasteiger partial charge is 0.252 e. The zero-order valence-corrected chi connectivity index (χ0v) is 9.25. The molecule has 1 heterocycles. The van der Waals surface area contributed by atoms with Crippen LogP contribution in [0.1, 0.15) is 5.56 Å². The Morgan fingerprint density at radius 2 is 2.00 bits per heavy atom. The van der Waals surface area contributed by atoms with E-state index >= 15 is 0 Å². The van der Waals surface area contributed by atoms with Gasteiger partial charge in [0.05, 0.1) is 0 Å². The van der Waals surface area contributed by atoms with Crippen LogP contribution in [0, 0.1) is 10.5 Å². The number of hydrogen-bond acceptors (Lipinski definition) is 1. The van der Waals surface area contributed by atoms with E-state index in [1.54, 1.807) is 0 Å². The summed E-state index contributed by atoms with van der Waals surface area (Å²) in [5.74, 6) is 0. The molecule has 0 aliphatic rings. The van der Waals surface area contributed by atoms with Crippen LogP contribution in [0.3, 0.4) is 0 Å². The summed E-state index contributed by atoms with van der Waals surface area (Å²) in [6.07, 6.45) is 0. The van der Waals surface area contributed by atoms with E-state index in [2.05, 4.69) is 27.6 Å². The lowest BCUT2D eigenvalue weighted by Gasteiger charge is -2.02. The Morgan fingerprint density at radius 1 is 1.31 bits per heavy atom. The first kappa shape index (κ1) is 8.74. The Balaban J connectivity index is 3.02. The quantitative estimate of drug-likeness (QED) is 0.741. The molecule has 0 aliphatic carbocycles. The van der Waals surface area contributed by atoms with Crippen molar-refractivity contribution >= 4 is 33.5 Å². The monoisotopic (exact) mass is 285 g/mol. The first-order chi connectivity index (χ1) is 6.20. The van der Waals surface area contributed by atoms with Crippen molar-refractivity contribution in [2.24, 2.45) is 0 Å². The molecular formula is C10H8INO. The van der Waals surface area contributed by atoms with Crippen LogP contribution < -0.4 is 5.56 Å². The highest BCUT2D eigenvalue weighted by molar-refractivity contribution is 14.1. The summed E-state index contributed by atoms with van der Waals surface area (Å²) >= 11 is 2.21. The zero-order valence-electron chi connectivity index (χ0n) is 7.10. The van der Waals surface area contributed by atoms with Gasteiger partial charge in [0.15, 0.2) is 0 Å². The summed E-state index contributed by atoms with van der Waals surface area (Å²) in [7, 11) is 0. The van der Waals surface area contributed by atoms with E-state index in [0.717, 1.165) is 20.0 Å². The number of benzene rings is 1. The average Bonchev–Trinajstić information content (AvgIpc) is 2.15. The summed E-state index contributed by atoms with van der Waals surface area (Å²) in [5, 5.41) is 1.11. The van der Waals surface area contributed by atoms with Gasteiger partial charge in [-0.3, -0.25) is 4.79 Å². The van der Waals surface area contributed by atoms with E-state index < -0.39 is 0 Å². The highest BCUT2D eigenvalue weighted by atomic mass is 127. The molecule has 0 amide bonds. The van der Waals surface area contributed by atoms with Gasteiger partial charge in [-0.05, 0) is 35.6 Å². The van der Waals surface area contributed by atoms with E-state index in [-0.39, 0.29) is 5.56 Å². The highest BCUT2D eigenvalue weighted by Gasteiger charge is 2.04. The lowest BCUT2D eigenvalue weighted by atomic mass is 10.2. The number of H-pyrrole nitrogens is 1. The maximum Gasteiger partial charge on any atom is 0.252 e. The van der Waals surface area contributed by atoms with Crippen molar-refractivity contribution in [2.75, 3.05) is 0 Å². The van der Waals surface area contributed by atoms with Gasteiger partial charge in [-0.2, -0.15) is 0 Å². The molecule has 2 rings (SSSR count). The predicted octanol–water partition coefficient (Wildman–Crippen LogP) is 2.44. The van der Waals surface area contributed by atoms with Crippen LogP contribution in [0.15, 0.2) is 29.1 Å². The molecule has 0 saturated carbocycles. The third-order valence-corrected chi connectivity index (χ3v) is 3.47. The van der Waals surface area contributed by atoms with E-state index in [4.69, 9.17) is 0 Å². The second-order valence-electron chi connectivity index (χ2n) is 2.94. The number of aromatic nitrogens is 1. The fraction of sp³-hybridized carbons (Fsp3) is 0.100. The molecule has 1 aromatic carbocycles. The van der Waals surface area contributed by atoms with Crippen molar-refractivity contribution in [3.8, 4) is 0 Å². The number of fused-ring (bicyclic) bond motifs is 1. The molecule has 66 valence electrons. The van der Waals surface area contributed by atoms with Crippen molar-refractivity contribution in [1.82, 2.24) is 4.98 Å². The predicted molar refractivity (Wildman–Crippen MR) is 62.0 cm³/mol. The Morgan fingerprint density at radius 3 is 2.77 bits per heavy atom. The van der Waals surface area contributed by atoms with Crippen molar-refractivity contribution in [2.45, 2.75) is 6.92 Å². The summed E-state index contributed by atoms with van der Waals surface area (Å²) in [6.45, 7) is 1.84. The van der Waals surface area contributed by atoms with E-state index in [1.165, 1.54) is 0 Å². The Labute approximate surface area is 89.1 Å². The van der Waals surface area contributed by atoms with Gasteiger partial charge in [0.1, 0.15) is 0 Å². The van der Waals surface area contributed by atoms with Crippen LogP contribution in [0.25, 0.3) is 10.9 Å². The van der Waals surface area contributed by atoms with Gasteiger partial charge in [0.2, 0.25) is 0 Å². The molecule has 0 bridgehead atoms. The molecule has 0 fully saturated rings. The molecule has 0 saturated heterocycles. The largest absolute Gasteiger partial charge is 0.322 e. The van der Waals surface area contributed by atoms with Crippen LogP contribution in [0.4, 0.5) is 0 Å². The lowest BCUT2D eigenvalue weighted by molar-refractivity contribution is 1.22. The minimum atomic E-state index is 0.00287. The molecule has 1 N–H and O–H groups in total. The van der Waals surface area contributed by atoms with E-state index in [0.29, 0.717) is 0 Å². The van der Waals surface area contributed by atoms with Crippen LogP contribution >= 0.6 is 22.6 Å². The Bertz CT molecular complexity index is 516. The van der Waals surface area contributed by atoms with Gasteiger partial charge < -0.3 is 4.98 Å². The SMILES string of the molecule is Cc1c(I)c2ccccc2[nH]c1=O. The molecule has 0 aliphatic heterocycles. The topological polar surface area (TPSA) is 32.9 Å². The average molecular weight is 285 g/mol. The number of para-hydroxylation sites is 1. The molecule has 1 aromatic heterocycles. The number of aromatic amines is 1. The highest BCUT2D eigenvalue weighted by Crippen LogP contribution is 2.18. The fourth-order valence-corrected chi connectivity index (χ4v) is 2.02. The maximum absolute atomic E-state index is 11.4. The van der Waals surface area contributed by atoms with Gasteiger partial charge in [-0.1, -0.05) is 18.2 Å². The minimum Gasteiger partial charge on any atom is -0.322 e. The second kappa shape index (κ2) is 3.14. The van der Waals surface area contributed by atoms with Crippen molar-refractivity contribution in [1.29, 1.82) is 0 Å². The molecule has 3 heteroatoms. The lowest BCUT2D eigenvalue weighted by Crippen LogP contribution is -2.11. The van der Waals surface area contributed by atoms with Crippen molar-refractivity contribution in [3.63, 3.8) is 0 Å². The second-order valence-corrected chi connectivity index (χ2v) is 4.02. The maximum atomic E-state index is 11.4. The third kappa shape index (κ3) is 1.37. The number of hydrogen-bond donors (Lipinski definition) is 1. The standard InChI is InChI=1S/C10H8INO/c1-6-9(11)7-4-2-3-5-8(7)12-10(6)13/h2-5H,1H3,(H,12,13). The van der Waals surface area contributed by atoms with Gasteiger partial charge in [0.25, 0.3) is 5.56 Å². The van der Waals surface area contributed by atoms with Gasteiger partial charge in [0, 0.05) is 20.0 Å². The van der Waals surface area contributed by atoms with E-state index in [1.807, 2.05) is 31.2 Å². The molecular weight excluding hydrogens is 277 g/mol. The van der Waals surface area contributed by atoms with Crippen LogP contribution in [0.2, 0.25) is 0 Å². The molecule has 13 heavy (non-hydrogen) atoms. The summed E-state index contributed by atoms with van der Waals surface area (Å²) < 4.78 is 1.04. The van der Waals surface area contributed by atoms with Crippen molar-refractivity contribution < 1.29 is 0 Å².